The van der Waals surface area contributed by atoms with E-state index in [2.05, 4.69) is 10.2 Å². The topological polar surface area (TPSA) is 32.3 Å². The van der Waals surface area contributed by atoms with E-state index >= 15 is 0 Å². The predicted molar refractivity (Wildman–Crippen MR) is 58.6 cm³/mol. The molecule has 2 unspecified atom stereocenters. The molecule has 0 saturated carbocycles. The molecule has 2 aliphatic rings. The van der Waals surface area contributed by atoms with Crippen LogP contribution in [0, 0.1) is 0 Å². The minimum Gasteiger partial charge on any atom is -0.313 e. The van der Waals surface area contributed by atoms with Gasteiger partial charge in [0.25, 0.3) is 0 Å². The minimum atomic E-state index is -0.621. The largest absolute Gasteiger partial charge is 0.313 e. The Morgan fingerprint density at radius 1 is 1.38 bits per heavy atom. The minimum absolute atomic E-state index is 0.287. The van der Waals surface area contributed by atoms with E-state index in [0.717, 1.165) is 31.9 Å². The molecule has 76 valence electrons. The summed E-state index contributed by atoms with van der Waals surface area (Å²) < 4.78 is 11.7. The maximum Gasteiger partial charge on any atom is 0.0987 e. The maximum absolute atomic E-state index is 11.7. The van der Waals surface area contributed by atoms with Crippen LogP contribution in [0.5, 0.6) is 0 Å². The van der Waals surface area contributed by atoms with Crippen LogP contribution in [-0.2, 0) is 10.8 Å². The van der Waals surface area contributed by atoms with E-state index in [0.29, 0.717) is 0 Å². The van der Waals surface area contributed by atoms with Gasteiger partial charge < -0.3 is 5.32 Å². The summed E-state index contributed by atoms with van der Waals surface area (Å²) in [7, 11) is -0.621. The van der Waals surface area contributed by atoms with Crippen LogP contribution in [0.1, 0.15) is 0 Å². The molecule has 3 nitrogen and oxygen atoms in total. The van der Waals surface area contributed by atoms with Gasteiger partial charge in [0.15, 0.2) is 0 Å². The van der Waals surface area contributed by atoms with Gasteiger partial charge in [-0.3, -0.25) is 9.11 Å². The van der Waals surface area contributed by atoms with Crippen LogP contribution in [-0.4, -0.2) is 57.9 Å². The van der Waals surface area contributed by atoms with Gasteiger partial charge in [0.2, 0.25) is 0 Å². The molecule has 0 aromatic carbocycles. The fourth-order valence-corrected chi connectivity index (χ4v) is 4.18. The zero-order valence-electron chi connectivity index (χ0n) is 7.70. The van der Waals surface area contributed by atoms with E-state index in [1.165, 1.54) is 11.5 Å². The van der Waals surface area contributed by atoms with Gasteiger partial charge in [-0.15, -0.1) is 0 Å². The Bertz CT molecular complexity index is 195. The van der Waals surface area contributed by atoms with Gasteiger partial charge in [0, 0.05) is 54.2 Å². The number of nitrogens with one attached hydrogen (secondary N) is 1. The molecule has 2 saturated heterocycles. The molecule has 1 N–H and O–H groups in total. The number of hydrogen-bond acceptors (Lipinski definition) is 4. The average molecular weight is 220 g/mol. The summed E-state index contributed by atoms with van der Waals surface area (Å²) in [5.74, 6) is 3.23. The van der Waals surface area contributed by atoms with E-state index < -0.39 is 10.8 Å². The van der Waals surface area contributed by atoms with E-state index in [9.17, 15) is 4.21 Å². The smallest absolute Gasteiger partial charge is 0.0987 e. The monoisotopic (exact) mass is 220 g/mol. The average Bonchev–Trinajstić information content (AvgIpc) is 2.20. The summed E-state index contributed by atoms with van der Waals surface area (Å²) in [6.07, 6.45) is 0. The molecule has 2 aliphatic heterocycles. The van der Waals surface area contributed by atoms with E-state index in [1.54, 1.807) is 0 Å². The third kappa shape index (κ3) is 2.46. The molecule has 5 heteroatoms. The zero-order chi connectivity index (χ0) is 9.10. The Labute approximate surface area is 86.1 Å². The summed E-state index contributed by atoms with van der Waals surface area (Å²) >= 11 is 2.00. The van der Waals surface area contributed by atoms with Crippen LogP contribution >= 0.6 is 11.8 Å². The van der Waals surface area contributed by atoms with Crippen molar-refractivity contribution in [3.05, 3.63) is 0 Å². The second-order valence-corrected chi connectivity index (χ2v) is 6.33. The van der Waals surface area contributed by atoms with Crippen molar-refractivity contribution in [2.45, 2.75) is 5.37 Å². The molecule has 0 spiro atoms. The maximum atomic E-state index is 11.7. The summed E-state index contributed by atoms with van der Waals surface area (Å²) in [6, 6.07) is 0. The van der Waals surface area contributed by atoms with E-state index in [4.69, 9.17) is 0 Å². The third-order valence-corrected chi connectivity index (χ3v) is 5.18. The van der Waals surface area contributed by atoms with Crippen LogP contribution in [0.3, 0.4) is 0 Å². The SMILES string of the molecule is O=S1CCNCC1N1CCSCC1. The second-order valence-electron chi connectivity index (χ2n) is 3.39. The molecule has 13 heavy (non-hydrogen) atoms. The number of nitrogens with zero attached hydrogens (tertiary/aromatic N) is 1. The lowest BCUT2D eigenvalue weighted by atomic mass is 10.4. The van der Waals surface area contributed by atoms with Crippen molar-refractivity contribution in [1.29, 1.82) is 0 Å². The fraction of sp³-hybridized carbons (Fsp3) is 1.00. The van der Waals surface area contributed by atoms with Crippen molar-refractivity contribution in [1.82, 2.24) is 10.2 Å². The van der Waals surface area contributed by atoms with Crippen LogP contribution in [0.15, 0.2) is 0 Å². The van der Waals surface area contributed by atoms with Crippen LogP contribution in [0.25, 0.3) is 0 Å². The number of hydrogen-bond donors (Lipinski definition) is 1. The molecule has 0 aliphatic carbocycles. The zero-order valence-corrected chi connectivity index (χ0v) is 9.33. The molecule has 2 fully saturated rings. The Morgan fingerprint density at radius 3 is 2.85 bits per heavy atom. The summed E-state index contributed by atoms with van der Waals surface area (Å²) in [4.78, 5) is 2.39. The van der Waals surface area contributed by atoms with Crippen molar-refractivity contribution in [2.75, 3.05) is 43.4 Å². The van der Waals surface area contributed by atoms with Crippen molar-refractivity contribution in [3.63, 3.8) is 0 Å². The van der Waals surface area contributed by atoms with Crippen LogP contribution in [0.2, 0.25) is 0 Å². The lowest BCUT2D eigenvalue weighted by Gasteiger charge is -2.35. The highest BCUT2D eigenvalue weighted by atomic mass is 32.2. The van der Waals surface area contributed by atoms with Crippen molar-refractivity contribution in [2.24, 2.45) is 0 Å². The summed E-state index contributed by atoms with van der Waals surface area (Å²) in [5.41, 5.74) is 0. The molecule has 0 aromatic rings. The number of rotatable bonds is 1. The number of thioether (sulfide) groups is 1. The van der Waals surface area contributed by atoms with Crippen molar-refractivity contribution in [3.8, 4) is 0 Å². The van der Waals surface area contributed by atoms with E-state index in [1.807, 2.05) is 11.8 Å². The summed E-state index contributed by atoms with van der Waals surface area (Å²) in [6.45, 7) is 4.06. The highest BCUT2D eigenvalue weighted by Crippen LogP contribution is 2.15. The first-order valence-electron chi connectivity index (χ1n) is 4.77. The first-order valence-corrected chi connectivity index (χ1v) is 7.31. The third-order valence-electron chi connectivity index (χ3n) is 2.56. The lowest BCUT2D eigenvalue weighted by molar-refractivity contribution is 0.268. The fourth-order valence-electron chi connectivity index (χ4n) is 1.79. The highest BCUT2D eigenvalue weighted by Gasteiger charge is 2.27. The van der Waals surface area contributed by atoms with Gasteiger partial charge in [0.1, 0.15) is 0 Å². The molecule has 2 atom stereocenters. The van der Waals surface area contributed by atoms with Crippen LogP contribution < -0.4 is 5.32 Å². The molecule has 0 radical (unpaired) electrons. The Kier molecular flexibility index (Phi) is 3.66. The first kappa shape index (κ1) is 9.96. The quantitative estimate of drug-likeness (QED) is 0.658. The van der Waals surface area contributed by atoms with E-state index in [-0.39, 0.29) is 5.37 Å². The molecular weight excluding hydrogens is 204 g/mol. The Morgan fingerprint density at radius 2 is 2.15 bits per heavy atom. The molecule has 2 rings (SSSR count). The molecular formula is C8H16N2OS2. The van der Waals surface area contributed by atoms with Gasteiger partial charge in [-0.25, -0.2) is 0 Å². The summed E-state index contributed by atoms with van der Waals surface area (Å²) in [5, 5.41) is 3.61. The molecule has 0 amide bonds. The van der Waals surface area contributed by atoms with Gasteiger partial charge >= 0.3 is 0 Å². The van der Waals surface area contributed by atoms with Gasteiger partial charge in [0.05, 0.1) is 5.37 Å². The van der Waals surface area contributed by atoms with Crippen molar-refractivity contribution < 1.29 is 4.21 Å². The standard InChI is InChI=1S/C8H16N2OS2/c11-13-6-1-9-7-8(13)10-2-4-12-5-3-10/h8-9H,1-7H2. The second kappa shape index (κ2) is 4.77. The highest BCUT2D eigenvalue weighted by molar-refractivity contribution is 7.99. The Balaban J connectivity index is 1.92. The lowest BCUT2D eigenvalue weighted by Crippen LogP contribution is -2.53. The van der Waals surface area contributed by atoms with Crippen LogP contribution in [0.4, 0.5) is 0 Å². The molecule has 0 aromatic heterocycles. The first-order chi connectivity index (χ1) is 6.38. The van der Waals surface area contributed by atoms with Gasteiger partial charge in [-0.2, -0.15) is 11.8 Å². The predicted octanol–water partition coefficient (Wildman–Crippen LogP) is -0.287. The van der Waals surface area contributed by atoms with Gasteiger partial charge in [-0.05, 0) is 0 Å². The Hall–Kier alpha value is 0.420. The molecule has 2 heterocycles. The normalized spacial score (nSPS) is 37.5. The van der Waals surface area contributed by atoms with Crippen molar-refractivity contribution >= 4 is 22.6 Å². The molecule has 0 bridgehead atoms. The van der Waals surface area contributed by atoms with Gasteiger partial charge in [-0.1, -0.05) is 0 Å².